The maximum absolute atomic E-state index is 13.2. The maximum Gasteiger partial charge on any atom is 0.142 e. The summed E-state index contributed by atoms with van der Waals surface area (Å²) in [6.07, 6.45) is 0. The van der Waals surface area contributed by atoms with Gasteiger partial charge in [-0.2, -0.15) is 0 Å². The van der Waals surface area contributed by atoms with Crippen molar-refractivity contribution in [2.45, 2.75) is 6.61 Å². The van der Waals surface area contributed by atoms with Crippen LogP contribution in [-0.2, 0) is 6.61 Å². The largest absolute Gasteiger partial charge is 0.497 e. The first kappa shape index (κ1) is 13.7. The third-order valence-corrected chi connectivity index (χ3v) is 2.99. The van der Waals surface area contributed by atoms with Crippen LogP contribution in [0.4, 0.5) is 10.1 Å². The minimum Gasteiger partial charge on any atom is -0.497 e. The van der Waals surface area contributed by atoms with Crippen molar-refractivity contribution < 1.29 is 13.9 Å². The zero-order valence-corrected chi connectivity index (χ0v) is 11.9. The molecule has 0 fully saturated rings. The zero-order valence-electron chi connectivity index (χ0n) is 10.3. The van der Waals surface area contributed by atoms with Gasteiger partial charge < -0.3 is 15.2 Å². The Morgan fingerprint density at radius 2 is 2.00 bits per heavy atom. The Balaban J connectivity index is 2.10. The van der Waals surface area contributed by atoms with E-state index in [2.05, 4.69) is 15.9 Å². The number of hydrogen-bond acceptors (Lipinski definition) is 3. The lowest BCUT2D eigenvalue weighted by Crippen LogP contribution is -1.99. The fourth-order valence-electron chi connectivity index (χ4n) is 1.64. The molecule has 0 saturated carbocycles. The van der Waals surface area contributed by atoms with Crippen LogP contribution in [0.25, 0.3) is 0 Å². The second kappa shape index (κ2) is 5.93. The fourth-order valence-corrected chi connectivity index (χ4v) is 2.15. The standard InChI is InChI=1S/C14H13BrFNO2/c1-18-12-2-3-14(13(17)7-12)19-8-9-4-10(15)6-11(16)5-9/h2-7H,8,17H2,1H3. The highest BCUT2D eigenvalue weighted by atomic mass is 79.9. The van der Waals surface area contributed by atoms with E-state index in [-0.39, 0.29) is 12.4 Å². The third-order valence-electron chi connectivity index (χ3n) is 2.53. The van der Waals surface area contributed by atoms with E-state index in [1.165, 1.54) is 12.1 Å². The highest BCUT2D eigenvalue weighted by Gasteiger charge is 2.04. The molecule has 0 atom stereocenters. The lowest BCUT2D eigenvalue weighted by molar-refractivity contribution is 0.306. The number of nitrogen functional groups attached to an aromatic ring is 1. The Kier molecular flexibility index (Phi) is 4.27. The molecule has 0 aromatic heterocycles. The summed E-state index contributed by atoms with van der Waals surface area (Å²) in [7, 11) is 1.57. The summed E-state index contributed by atoms with van der Waals surface area (Å²) in [6, 6.07) is 9.77. The molecule has 0 heterocycles. The molecule has 3 nitrogen and oxygen atoms in total. The van der Waals surface area contributed by atoms with Crippen molar-refractivity contribution in [3.05, 3.63) is 52.3 Å². The SMILES string of the molecule is COc1ccc(OCc2cc(F)cc(Br)c2)c(N)c1. The Hall–Kier alpha value is -1.75. The molecule has 0 saturated heterocycles. The molecule has 0 aliphatic heterocycles. The van der Waals surface area contributed by atoms with Gasteiger partial charge in [-0.3, -0.25) is 0 Å². The Morgan fingerprint density at radius 3 is 2.63 bits per heavy atom. The van der Waals surface area contributed by atoms with Crippen LogP contribution < -0.4 is 15.2 Å². The van der Waals surface area contributed by atoms with Gasteiger partial charge in [-0.15, -0.1) is 0 Å². The average molecular weight is 326 g/mol. The highest BCUT2D eigenvalue weighted by molar-refractivity contribution is 9.10. The molecule has 0 aliphatic carbocycles. The van der Waals surface area contributed by atoms with Gasteiger partial charge in [-0.25, -0.2) is 4.39 Å². The van der Waals surface area contributed by atoms with E-state index in [1.54, 1.807) is 31.4 Å². The number of anilines is 1. The first-order valence-electron chi connectivity index (χ1n) is 5.60. The van der Waals surface area contributed by atoms with Crippen molar-refractivity contribution in [3.8, 4) is 11.5 Å². The van der Waals surface area contributed by atoms with Crippen LogP contribution in [0.1, 0.15) is 5.56 Å². The van der Waals surface area contributed by atoms with Crippen LogP contribution in [0.5, 0.6) is 11.5 Å². The minimum absolute atomic E-state index is 0.243. The number of methoxy groups -OCH3 is 1. The van der Waals surface area contributed by atoms with Gasteiger partial charge >= 0.3 is 0 Å². The molecule has 100 valence electrons. The number of benzene rings is 2. The normalized spacial score (nSPS) is 10.3. The van der Waals surface area contributed by atoms with Crippen LogP contribution in [0, 0.1) is 5.82 Å². The lowest BCUT2D eigenvalue weighted by atomic mass is 10.2. The molecule has 2 aromatic rings. The van der Waals surface area contributed by atoms with Crippen molar-refractivity contribution >= 4 is 21.6 Å². The summed E-state index contributed by atoms with van der Waals surface area (Å²) in [5, 5.41) is 0. The van der Waals surface area contributed by atoms with Crippen molar-refractivity contribution in [3.63, 3.8) is 0 Å². The molecule has 2 aromatic carbocycles. The van der Waals surface area contributed by atoms with E-state index < -0.39 is 0 Å². The van der Waals surface area contributed by atoms with E-state index in [9.17, 15) is 4.39 Å². The number of hydrogen-bond donors (Lipinski definition) is 1. The summed E-state index contributed by atoms with van der Waals surface area (Å²) in [6.45, 7) is 0.243. The van der Waals surface area contributed by atoms with E-state index in [0.717, 1.165) is 5.56 Å². The molecule has 2 N–H and O–H groups in total. The number of halogens is 2. The highest BCUT2D eigenvalue weighted by Crippen LogP contribution is 2.27. The summed E-state index contributed by atoms with van der Waals surface area (Å²) < 4.78 is 24.5. The Bertz CT molecular complexity index is 569. The van der Waals surface area contributed by atoms with Crippen LogP contribution in [0.3, 0.4) is 0 Å². The molecule has 5 heteroatoms. The van der Waals surface area contributed by atoms with Gasteiger partial charge in [-0.1, -0.05) is 15.9 Å². The van der Waals surface area contributed by atoms with Crippen LogP contribution in [-0.4, -0.2) is 7.11 Å². The number of nitrogens with two attached hydrogens (primary N) is 1. The summed E-state index contributed by atoms with van der Waals surface area (Å²) in [5.41, 5.74) is 7.04. The molecule has 0 aliphatic rings. The van der Waals surface area contributed by atoms with Gasteiger partial charge in [-0.05, 0) is 35.9 Å². The first-order chi connectivity index (χ1) is 9.08. The fraction of sp³-hybridized carbons (Fsp3) is 0.143. The predicted octanol–water partition coefficient (Wildman–Crippen LogP) is 3.76. The molecule has 0 bridgehead atoms. The van der Waals surface area contributed by atoms with Crippen molar-refractivity contribution in [1.82, 2.24) is 0 Å². The van der Waals surface area contributed by atoms with Gasteiger partial charge in [0.1, 0.15) is 23.9 Å². The Labute approximate surface area is 119 Å². The second-order valence-corrected chi connectivity index (χ2v) is 4.89. The van der Waals surface area contributed by atoms with Crippen LogP contribution in [0.2, 0.25) is 0 Å². The van der Waals surface area contributed by atoms with Crippen molar-refractivity contribution in [2.24, 2.45) is 0 Å². The van der Waals surface area contributed by atoms with Gasteiger partial charge in [0.15, 0.2) is 0 Å². The van der Waals surface area contributed by atoms with E-state index in [4.69, 9.17) is 15.2 Å². The monoisotopic (exact) mass is 325 g/mol. The molecule has 0 amide bonds. The van der Waals surface area contributed by atoms with Gasteiger partial charge in [0, 0.05) is 10.5 Å². The van der Waals surface area contributed by atoms with Crippen molar-refractivity contribution in [1.29, 1.82) is 0 Å². The molecule has 0 radical (unpaired) electrons. The summed E-state index contributed by atoms with van der Waals surface area (Å²) >= 11 is 3.24. The average Bonchev–Trinajstić information content (AvgIpc) is 2.36. The smallest absolute Gasteiger partial charge is 0.142 e. The van der Waals surface area contributed by atoms with Gasteiger partial charge in [0.05, 0.1) is 12.8 Å². The van der Waals surface area contributed by atoms with Gasteiger partial charge in [0.2, 0.25) is 0 Å². The molecular formula is C14H13BrFNO2. The molecule has 2 rings (SSSR count). The molecular weight excluding hydrogens is 313 g/mol. The summed E-state index contributed by atoms with van der Waals surface area (Å²) in [4.78, 5) is 0. The Morgan fingerprint density at radius 1 is 1.21 bits per heavy atom. The van der Waals surface area contributed by atoms with Crippen molar-refractivity contribution in [2.75, 3.05) is 12.8 Å². The molecule has 0 spiro atoms. The van der Waals surface area contributed by atoms with E-state index >= 15 is 0 Å². The van der Waals surface area contributed by atoms with Gasteiger partial charge in [0.25, 0.3) is 0 Å². The first-order valence-corrected chi connectivity index (χ1v) is 6.39. The molecule has 19 heavy (non-hydrogen) atoms. The number of ether oxygens (including phenoxy) is 2. The predicted molar refractivity (Wildman–Crippen MR) is 75.8 cm³/mol. The third kappa shape index (κ3) is 3.61. The molecule has 0 unspecified atom stereocenters. The van der Waals surface area contributed by atoms with E-state index in [0.29, 0.717) is 21.7 Å². The summed E-state index contributed by atoms with van der Waals surface area (Å²) in [5.74, 6) is 0.898. The quantitative estimate of drug-likeness (QED) is 0.870. The second-order valence-electron chi connectivity index (χ2n) is 3.97. The zero-order chi connectivity index (χ0) is 13.8. The maximum atomic E-state index is 13.2. The lowest BCUT2D eigenvalue weighted by Gasteiger charge is -2.10. The minimum atomic E-state index is -0.310. The van der Waals surface area contributed by atoms with E-state index in [1.807, 2.05) is 0 Å². The van der Waals surface area contributed by atoms with Crippen LogP contribution in [0.15, 0.2) is 40.9 Å². The van der Waals surface area contributed by atoms with Crippen LogP contribution >= 0.6 is 15.9 Å². The number of rotatable bonds is 4. The topological polar surface area (TPSA) is 44.5 Å².